The van der Waals surface area contributed by atoms with Gasteiger partial charge in [0, 0.05) is 11.1 Å². The Bertz CT molecular complexity index is 923. The molecule has 0 saturated heterocycles. The molecular formula is C21H25N3O4. The van der Waals surface area contributed by atoms with Crippen molar-refractivity contribution in [1.82, 2.24) is 10.3 Å². The zero-order valence-corrected chi connectivity index (χ0v) is 16.2. The van der Waals surface area contributed by atoms with E-state index in [1.54, 1.807) is 13.8 Å². The number of ether oxygens (including phenoxy) is 1. The molecule has 2 aromatic rings. The number of carbonyl (C=O) groups excluding carboxylic acids is 3. The van der Waals surface area contributed by atoms with Crippen molar-refractivity contribution < 1.29 is 19.1 Å². The van der Waals surface area contributed by atoms with Crippen LogP contribution < -0.4 is 11.1 Å². The number of primary amides is 1. The lowest BCUT2D eigenvalue weighted by molar-refractivity contribution is -0.130. The first-order valence-corrected chi connectivity index (χ1v) is 9.60. The maximum atomic E-state index is 13.2. The zero-order valence-electron chi connectivity index (χ0n) is 16.2. The molecule has 1 aliphatic rings. The highest BCUT2D eigenvalue weighted by Crippen LogP contribution is 2.30. The van der Waals surface area contributed by atoms with Crippen LogP contribution in [0.5, 0.6) is 0 Å². The lowest BCUT2D eigenvalue weighted by Crippen LogP contribution is -2.45. The standard InChI is InChI=1S/C21H25N3O4/c1-12(2)18(19(25)24-21(22)27)28-20(26)17-13-8-4-3-5-10-15(13)23-16-11-7-6-9-14(16)17/h6-7,9,11-12,18H,3-5,8,10H2,1-2H3,(H3,22,24,25,27)/t18-/m0/s1. The number of aryl methyl sites for hydroxylation is 1. The van der Waals surface area contributed by atoms with E-state index in [9.17, 15) is 14.4 Å². The number of imide groups is 1. The number of rotatable bonds is 4. The number of nitrogens with two attached hydrogens (primary N) is 1. The van der Waals surface area contributed by atoms with Crippen molar-refractivity contribution in [3.05, 3.63) is 41.1 Å². The number of carbonyl (C=O) groups is 3. The number of nitrogens with one attached hydrogen (secondary N) is 1. The monoisotopic (exact) mass is 383 g/mol. The smallest absolute Gasteiger partial charge is 0.339 e. The van der Waals surface area contributed by atoms with E-state index >= 15 is 0 Å². The van der Waals surface area contributed by atoms with E-state index in [0.717, 1.165) is 48.9 Å². The summed E-state index contributed by atoms with van der Waals surface area (Å²) in [6.07, 6.45) is 3.53. The van der Waals surface area contributed by atoms with Gasteiger partial charge in [-0.15, -0.1) is 0 Å². The van der Waals surface area contributed by atoms with E-state index in [0.29, 0.717) is 10.9 Å². The maximum Gasteiger partial charge on any atom is 0.339 e. The van der Waals surface area contributed by atoms with Crippen molar-refractivity contribution in [2.24, 2.45) is 11.7 Å². The Balaban J connectivity index is 2.03. The lowest BCUT2D eigenvalue weighted by Gasteiger charge is -2.22. The van der Waals surface area contributed by atoms with Crippen LogP contribution in [0.15, 0.2) is 24.3 Å². The Morgan fingerprint density at radius 1 is 1.11 bits per heavy atom. The van der Waals surface area contributed by atoms with Crippen molar-refractivity contribution in [2.45, 2.75) is 52.1 Å². The van der Waals surface area contributed by atoms with E-state index < -0.39 is 24.0 Å². The number of hydrogen-bond acceptors (Lipinski definition) is 5. The average molecular weight is 383 g/mol. The molecule has 0 fully saturated rings. The summed E-state index contributed by atoms with van der Waals surface area (Å²) < 4.78 is 5.59. The minimum absolute atomic E-state index is 0.324. The van der Waals surface area contributed by atoms with E-state index in [4.69, 9.17) is 15.5 Å². The minimum Gasteiger partial charge on any atom is -0.448 e. The summed E-state index contributed by atoms with van der Waals surface area (Å²) >= 11 is 0. The summed E-state index contributed by atoms with van der Waals surface area (Å²) in [5.74, 6) is -1.62. The van der Waals surface area contributed by atoms with Crippen LogP contribution in [-0.2, 0) is 22.4 Å². The fraction of sp³-hybridized carbons (Fsp3) is 0.429. The summed E-state index contributed by atoms with van der Waals surface area (Å²) in [4.78, 5) is 41.3. The molecule has 1 aromatic carbocycles. The van der Waals surface area contributed by atoms with Crippen LogP contribution in [-0.4, -0.2) is 29.0 Å². The number of para-hydroxylation sites is 1. The van der Waals surface area contributed by atoms with Crippen molar-refractivity contribution in [1.29, 1.82) is 0 Å². The molecule has 7 nitrogen and oxygen atoms in total. The SMILES string of the molecule is CC(C)[C@H](OC(=O)c1c2c(nc3ccccc13)CCCCC2)C(=O)NC(N)=O. The molecule has 0 saturated carbocycles. The highest BCUT2D eigenvalue weighted by atomic mass is 16.5. The van der Waals surface area contributed by atoms with Gasteiger partial charge < -0.3 is 10.5 Å². The Morgan fingerprint density at radius 3 is 2.54 bits per heavy atom. The number of aromatic nitrogens is 1. The van der Waals surface area contributed by atoms with Gasteiger partial charge in [-0.3, -0.25) is 15.1 Å². The van der Waals surface area contributed by atoms with Crippen molar-refractivity contribution >= 4 is 28.8 Å². The molecule has 3 rings (SSSR count). The first-order chi connectivity index (χ1) is 13.4. The van der Waals surface area contributed by atoms with Crippen molar-refractivity contribution in [2.75, 3.05) is 0 Å². The van der Waals surface area contributed by atoms with Crippen molar-refractivity contribution in [3.8, 4) is 0 Å². The summed E-state index contributed by atoms with van der Waals surface area (Å²) in [6.45, 7) is 3.48. The second-order valence-corrected chi connectivity index (χ2v) is 7.41. The number of amides is 3. The van der Waals surface area contributed by atoms with Gasteiger partial charge in [0.1, 0.15) is 0 Å². The molecule has 3 amide bonds. The fourth-order valence-electron chi connectivity index (χ4n) is 3.64. The number of fused-ring (bicyclic) bond motifs is 2. The first kappa shape index (κ1) is 19.8. The normalized spacial score (nSPS) is 14.8. The third-order valence-electron chi connectivity index (χ3n) is 4.97. The van der Waals surface area contributed by atoms with Gasteiger partial charge in [-0.1, -0.05) is 38.5 Å². The lowest BCUT2D eigenvalue weighted by atomic mass is 9.97. The average Bonchev–Trinajstić information content (AvgIpc) is 2.88. The molecule has 0 aliphatic heterocycles. The van der Waals surface area contributed by atoms with Gasteiger partial charge in [0.15, 0.2) is 6.10 Å². The van der Waals surface area contributed by atoms with E-state index in [1.165, 1.54) is 0 Å². The molecule has 7 heteroatoms. The van der Waals surface area contributed by atoms with E-state index in [-0.39, 0.29) is 5.92 Å². The number of pyridine rings is 1. The van der Waals surface area contributed by atoms with Gasteiger partial charge in [0.25, 0.3) is 5.91 Å². The number of urea groups is 1. The van der Waals surface area contributed by atoms with Gasteiger partial charge in [0.05, 0.1) is 11.1 Å². The molecule has 1 atom stereocenters. The zero-order chi connectivity index (χ0) is 20.3. The van der Waals surface area contributed by atoms with Gasteiger partial charge in [-0.2, -0.15) is 0 Å². The Labute approximate surface area is 163 Å². The molecule has 28 heavy (non-hydrogen) atoms. The Hall–Kier alpha value is -2.96. The highest BCUT2D eigenvalue weighted by molar-refractivity contribution is 6.06. The Kier molecular flexibility index (Phi) is 5.92. The molecule has 3 N–H and O–H groups in total. The quantitative estimate of drug-likeness (QED) is 0.623. The van der Waals surface area contributed by atoms with Gasteiger partial charge in [-0.05, 0) is 43.2 Å². The number of hydrogen-bond donors (Lipinski definition) is 2. The molecule has 148 valence electrons. The molecule has 0 unspecified atom stereocenters. The summed E-state index contributed by atoms with van der Waals surface area (Å²) in [5.41, 5.74) is 8.07. The molecule has 1 aliphatic carbocycles. The van der Waals surface area contributed by atoms with Crippen molar-refractivity contribution in [3.63, 3.8) is 0 Å². The van der Waals surface area contributed by atoms with E-state index in [2.05, 4.69) is 0 Å². The predicted octanol–water partition coefficient (Wildman–Crippen LogP) is 2.88. The minimum atomic E-state index is -1.12. The van der Waals surface area contributed by atoms with Gasteiger partial charge in [0.2, 0.25) is 0 Å². The van der Waals surface area contributed by atoms with Gasteiger partial charge in [-0.25, -0.2) is 9.59 Å². The van der Waals surface area contributed by atoms with Crippen LogP contribution in [0.2, 0.25) is 0 Å². The summed E-state index contributed by atoms with van der Waals surface area (Å²) in [6, 6.07) is 6.47. The molecular weight excluding hydrogens is 358 g/mol. The number of benzene rings is 1. The predicted molar refractivity (Wildman–Crippen MR) is 105 cm³/mol. The topological polar surface area (TPSA) is 111 Å². The molecule has 1 aromatic heterocycles. The van der Waals surface area contributed by atoms with Crippen LogP contribution in [0.3, 0.4) is 0 Å². The third-order valence-corrected chi connectivity index (χ3v) is 4.97. The highest BCUT2D eigenvalue weighted by Gasteiger charge is 2.30. The van der Waals surface area contributed by atoms with Gasteiger partial charge >= 0.3 is 12.0 Å². The summed E-state index contributed by atoms with van der Waals surface area (Å²) in [7, 11) is 0. The van der Waals surface area contributed by atoms with Crippen LogP contribution in [0, 0.1) is 5.92 Å². The largest absolute Gasteiger partial charge is 0.448 e. The van der Waals surface area contributed by atoms with Crippen LogP contribution in [0.4, 0.5) is 4.79 Å². The first-order valence-electron chi connectivity index (χ1n) is 9.60. The van der Waals surface area contributed by atoms with Crippen LogP contribution >= 0.6 is 0 Å². The third kappa shape index (κ3) is 4.13. The molecule has 0 radical (unpaired) electrons. The molecule has 0 spiro atoms. The van der Waals surface area contributed by atoms with Crippen LogP contribution in [0.25, 0.3) is 10.9 Å². The van der Waals surface area contributed by atoms with E-state index in [1.807, 2.05) is 29.6 Å². The summed E-state index contributed by atoms with van der Waals surface area (Å²) in [5, 5.41) is 2.71. The fourth-order valence-corrected chi connectivity index (χ4v) is 3.64. The number of nitrogens with zero attached hydrogens (tertiary/aromatic N) is 1. The molecule has 0 bridgehead atoms. The second kappa shape index (κ2) is 8.37. The number of esters is 1. The van der Waals surface area contributed by atoms with Crippen LogP contribution in [0.1, 0.15) is 54.7 Å². The maximum absolute atomic E-state index is 13.2. The second-order valence-electron chi connectivity index (χ2n) is 7.41. The Morgan fingerprint density at radius 2 is 1.82 bits per heavy atom. The molecule has 1 heterocycles.